The minimum Gasteiger partial charge on any atom is -0.377 e. The lowest BCUT2D eigenvalue weighted by molar-refractivity contribution is -0.125. The molecule has 4 amide bonds. The molecule has 4 rings (SSSR count). The van der Waals surface area contributed by atoms with Gasteiger partial charge >= 0.3 is 6.03 Å². The number of morpholine rings is 1. The lowest BCUT2D eigenvalue weighted by Crippen LogP contribution is -2.45. The Morgan fingerprint density at radius 3 is 2.60 bits per heavy atom. The number of anilines is 3. The molecule has 35 heavy (non-hydrogen) atoms. The van der Waals surface area contributed by atoms with Crippen LogP contribution in [0.25, 0.3) is 0 Å². The molecule has 2 heterocycles. The van der Waals surface area contributed by atoms with Crippen molar-refractivity contribution >= 4 is 46.5 Å². The average Bonchev–Trinajstić information content (AvgIpc) is 3.26. The van der Waals surface area contributed by atoms with Crippen LogP contribution in [0.3, 0.4) is 0 Å². The van der Waals surface area contributed by atoms with Gasteiger partial charge < -0.3 is 29.9 Å². The zero-order valence-electron chi connectivity index (χ0n) is 19.1. The van der Waals surface area contributed by atoms with Gasteiger partial charge in [0, 0.05) is 42.5 Å². The lowest BCUT2D eigenvalue weighted by Gasteiger charge is -2.27. The van der Waals surface area contributed by atoms with E-state index in [2.05, 4.69) is 10.6 Å². The van der Waals surface area contributed by atoms with Crippen LogP contribution in [0.5, 0.6) is 0 Å². The molecule has 0 aromatic heterocycles. The smallest absolute Gasteiger partial charge is 0.322 e. The van der Waals surface area contributed by atoms with Crippen LogP contribution in [-0.4, -0.2) is 67.8 Å². The summed E-state index contributed by atoms with van der Waals surface area (Å²) in [6.45, 7) is 2.99. The number of halogens is 2. The van der Waals surface area contributed by atoms with Crippen LogP contribution < -0.4 is 15.5 Å². The van der Waals surface area contributed by atoms with Crippen LogP contribution in [0.1, 0.15) is 13.3 Å². The Kier molecular flexibility index (Phi) is 7.84. The Hall–Kier alpha value is -3.21. The summed E-state index contributed by atoms with van der Waals surface area (Å²) in [6.07, 6.45) is -0.00512. The molecule has 2 aromatic rings. The molecule has 0 unspecified atom stereocenters. The summed E-state index contributed by atoms with van der Waals surface area (Å²) >= 11 is 5.90. The van der Waals surface area contributed by atoms with E-state index in [1.165, 1.54) is 21.9 Å². The molecule has 2 aromatic carbocycles. The number of hydrogen-bond donors (Lipinski definition) is 2. The van der Waals surface area contributed by atoms with Gasteiger partial charge in [0.25, 0.3) is 5.91 Å². The Morgan fingerprint density at radius 1 is 1.17 bits per heavy atom. The highest BCUT2D eigenvalue weighted by atomic mass is 35.5. The van der Waals surface area contributed by atoms with E-state index in [1.807, 2.05) is 6.92 Å². The van der Waals surface area contributed by atoms with E-state index in [0.717, 1.165) is 6.07 Å². The van der Waals surface area contributed by atoms with Crippen molar-refractivity contribution < 1.29 is 28.2 Å². The molecule has 2 fully saturated rings. The first kappa shape index (κ1) is 24.9. The monoisotopic (exact) mass is 504 g/mol. The number of carbonyl (C=O) groups excluding carboxylic acids is 3. The van der Waals surface area contributed by atoms with Crippen molar-refractivity contribution in [3.05, 3.63) is 53.3 Å². The fraction of sp³-hybridized carbons (Fsp3) is 0.375. The zero-order valence-corrected chi connectivity index (χ0v) is 19.9. The molecular formula is C24H26ClFN4O5. The molecule has 2 aliphatic rings. The van der Waals surface area contributed by atoms with Crippen molar-refractivity contribution in [1.29, 1.82) is 0 Å². The normalized spacial score (nSPS) is 20.1. The van der Waals surface area contributed by atoms with Gasteiger partial charge in [-0.1, -0.05) is 11.6 Å². The second kappa shape index (κ2) is 11.0. The van der Waals surface area contributed by atoms with Gasteiger partial charge in [0.15, 0.2) is 0 Å². The maximum absolute atomic E-state index is 14.8. The summed E-state index contributed by atoms with van der Waals surface area (Å²) in [4.78, 5) is 40.8. The highest BCUT2D eigenvalue weighted by Gasteiger charge is 2.40. The van der Waals surface area contributed by atoms with Crippen molar-refractivity contribution in [2.45, 2.75) is 25.5 Å². The molecular weight excluding hydrogens is 479 g/mol. The Bertz CT molecular complexity index is 1100. The SMILES string of the molecule is CCO[C@@H]1C[C@H](C(=O)Nc2ccc(N3CCOCC3=O)c(F)c2)N(C(=O)Nc2ccc(Cl)cc2)C1. The van der Waals surface area contributed by atoms with Crippen LogP contribution in [0, 0.1) is 5.82 Å². The predicted molar refractivity (Wildman–Crippen MR) is 129 cm³/mol. The van der Waals surface area contributed by atoms with E-state index in [4.69, 9.17) is 21.1 Å². The zero-order chi connectivity index (χ0) is 24.9. The molecule has 0 aliphatic carbocycles. The second-order valence-corrected chi connectivity index (χ2v) is 8.61. The summed E-state index contributed by atoms with van der Waals surface area (Å²) in [5.74, 6) is -1.44. The van der Waals surface area contributed by atoms with E-state index < -0.39 is 23.8 Å². The minimum atomic E-state index is -0.817. The number of nitrogens with one attached hydrogen (secondary N) is 2. The summed E-state index contributed by atoms with van der Waals surface area (Å²) < 4.78 is 25.5. The number of rotatable bonds is 6. The van der Waals surface area contributed by atoms with E-state index in [1.54, 1.807) is 24.3 Å². The third-order valence-electron chi connectivity index (χ3n) is 5.82. The molecule has 9 nitrogen and oxygen atoms in total. The van der Waals surface area contributed by atoms with Crippen LogP contribution in [-0.2, 0) is 19.1 Å². The number of benzene rings is 2. The van der Waals surface area contributed by atoms with Crippen molar-refractivity contribution in [3.63, 3.8) is 0 Å². The third-order valence-corrected chi connectivity index (χ3v) is 6.07. The highest BCUT2D eigenvalue weighted by molar-refractivity contribution is 6.30. The molecule has 2 atom stereocenters. The van der Waals surface area contributed by atoms with Gasteiger partial charge in [0.1, 0.15) is 18.5 Å². The molecule has 0 saturated carbocycles. The molecule has 11 heteroatoms. The molecule has 0 radical (unpaired) electrons. The van der Waals surface area contributed by atoms with Gasteiger partial charge in [-0.3, -0.25) is 9.59 Å². The van der Waals surface area contributed by atoms with E-state index >= 15 is 0 Å². The van der Waals surface area contributed by atoms with E-state index in [-0.39, 0.29) is 43.1 Å². The van der Waals surface area contributed by atoms with Gasteiger partial charge in [-0.2, -0.15) is 0 Å². The van der Waals surface area contributed by atoms with Crippen LogP contribution >= 0.6 is 11.6 Å². The first-order valence-corrected chi connectivity index (χ1v) is 11.7. The standard InChI is InChI=1S/C24H26ClFN4O5/c1-2-35-18-12-21(30(13-18)24(33)28-16-5-3-15(25)4-6-16)23(32)27-17-7-8-20(19(26)11-17)29-9-10-34-14-22(29)31/h3-8,11,18,21H,2,9-10,12-14H2,1H3,(H,27,32)(H,28,33)/t18-,21-/m1/s1. The molecule has 2 N–H and O–H groups in total. The van der Waals surface area contributed by atoms with E-state index in [0.29, 0.717) is 30.3 Å². The molecule has 186 valence electrons. The number of amides is 4. The summed E-state index contributed by atoms with van der Waals surface area (Å²) in [6, 6.07) is 9.47. The number of carbonyl (C=O) groups is 3. The van der Waals surface area contributed by atoms with Gasteiger partial charge in [-0.15, -0.1) is 0 Å². The second-order valence-electron chi connectivity index (χ2n) is 8.17. The fourth-order valence-corrected chi connectivity index (χ4v) is 4.28. The summed E-state index contributed by atoms with van der Waals surface area (Å²) in [5.41, 5.74) is 0.876. The van der Waals surface area contributed by atoms with Gasteiger partial charge in [0.05, 0.1) is 18.4 Å². The Balaban J connectivity index is 1.46. The topological polar surface area (TPSA) is 100 Å². The van der Waals surface area contributed by atoms with Gasteiger partial charge in [0.2, 0.25) is 5.91 Å². The van der Waals surface area contributed by atoms with Gasteiger partial charge in [-0.25, -0.2) is 9.18 Å². The van der Waals surface area contributed by atoms with Crippen LogP contribution in [0.15, 0.2) is 42.5 Å². The first-order valence-electron chi connectivity index (χ1n) is 11.3. The van der Waals surface area contributed by atoms with Gasteiger partial charge in [-0.05, 0) is 49.4 Å². The quantitative estimate of drug-likeness (QED) is 0.627. The highest BCUT2D eigenvalue weighted by Crippen LogP contribution is 2.27. The van der Waals surface area contributed by atoms with Crippen molar-refractivity contribution in [3.8, 4) is 0 Å². The van der Waals surface area contributed by atoms with Crippen molar-refractivity contribution in [2.24, 2.45) is 0 Å². The maximum Gasteiger partial charge on any atom is 0.322 e. The maximum atomic E-state index is 14.8. The number of ether oxygens (including phenoxy) is 2. The number of hydrogen-bond acceptors (Lipinski definition) is 5. The third kappa shape index (κ3) is 5.90. The molecule has 0 bridgehead atoms. The summed E-state index contributed by atoms with van der Waals surface area (Å²) in [5, 5.41) is 5.98. The average molecular weight is 505 g/mol. The fourth-order valence-electron chi connectivity index (χ4n) is 4.16. The summed E-state index contributed by atoms with van der Waals surface area (Å²) in [7, 11) is 0. The Morgan fingerprint density at radius 2 is 1.91 bits per heavy atom. The molecule has 2 saturated heterocycles. The van der Waals surface area contributed by atoms with Crippen molar-refractivity contribution in [1.82, 2.24) is 4.90 Å². The lowest BCUT2D eigenvalue weighted by atomic mass is 10.1. The van der Waals surface area contributed by atoms with E-state index in [9.17, 15) is 18.8 Å². The number of likely N-dealkylation sites (tertiary alicyclic amines) is 1. The van der Waals surface area contributed by atoms with Crippen LogP contribution in [0.2, 0.25) is 5.02 Å². The first-order chi connectivity index (χ1) is 16.9. The minimum absolute atomic E-state index is 0.103. The largest absolute Gasteiger partial charge is 0.377 e. The van der Waals surface area contributed by atoms with Crippen LogP contribution in [0.4, 0.5) is 26.2 Å². The van der Waals surface area contributed by atoms with Crippen molar-refractivity contribution in [2.75, 3.05) is 48.4 Å². The Labute approximate surface area is 207 Å². The number of nitrogens with zero attached hydrogens (tertiary/aromatic N) is 2. The number of urea groups is 1. The molecule has 2 aliphatic heterocycles. The predicted octanol–water partition coefficient (Wildman–Crippen LogP) is 3.49. The molecule has 0 spiro atoms.